The van der Waals surface area contributed by atoms with Crippen molar-refractivity contribution in [1.82, 2.24) is 4.90 Å². The molecule has 3 rings (SSSR count). The molecule has 2 heterocycles. The zero-order valence-corrected chi connectivity index (χ0v) is 13.4. The predicted octanol–water partition coefficient (Wildman–Crippen LogP) is 2.59. The van der Waals surface area contributed by atoms with E-state index >= 15 is 0 Å². The molecule has 0 aliphatic carbocycles. The van der Waals surface area contributed by atoms with Crippen LogP contribution in [0.15, 0.2) is 30.3 Å². The monoisotopic (exact) mass is 303 g/mol. The molecule has 4 atom stereocenters. The molecular formula is C18H25NO3. The Kier molecular flexibility index (Phi) is 4.79. The van der Waals surface area contributed by atoms with Gasteiger partial charge in [-0.2, -0.15) is 0 Å². The molecular weight excluding hydrogens is 278 g/mol. The highest BCUT2D eigenvalue weighted by Crippen LogP contribution is 2.36. The lowest BCUT2D eigenvalue weighted by molar-refractivity contribution is -0.155. The van der Waals surface area contributed by atoms with Gasteiger partial charge in [0.05, 0.1) is 6.61 Å². The van der Waals surface area contributed by atoms with Gasteiger partial charge in [0, 0.05) is 19.2 Å². The van der Waals surface area contributed by atoms with E-state index < -0.39 is 0 Å². The highest BCUT2D eigenvalue weighted by atomic mass is 16.5. The smallest absolute Gasteiger partial charge is 0.316 e. The van der Waals surface area contributed by atoms with E-state index in [4.69, 9.17) is 9.47 Å². The second-order valence-corrected chi connectivity index (χ2v) is 6.50. The number of rotatable bonds is 5. The van der Waals surface area contributed by atoms with Gasteiger partial charge in [-0.3, -0.25) is 4.79 Å². The summed E-state index contributed by atoms with van der Waals surface area (Å²) in [5, 5.41) is 0. The Labute approximate surface area is 132 Å². The zero-order chi connectivity index (χ0) is 15.5. The maximum Gasteiger partial charge on any atom is 0.316 e. The van der Waals surface area contributed by atoms with Crippen LogP contribution >= 0.6 is 0 Å². The maximum absolute atomic E-state index is 12.6. The average Bonchev–Trinajstić information content (AvgIpc) is 2.75. The van der Waals surface area contributed by atoms with Crippen molar-refractivity contribution in [2.24, 2.45) is 0 Å². The molecule has 0 aromatic heterocycles. The molecule has 2 unspecified atom stereocenters. The molecule has 0 amide bonds. The van der Waals surface area contributed by atoms with Gasteiger partial charge in [0.1, 0.15) is 12.0 Å². The minimum Gasteiger partial charge on any atom is -0.462 e. The van der Waals surface area contributed by atoms with Crippen LogP contribution in [0.4, 0.5) is 0 Å². The molecule has 2 saturated heterocycles. The Morgan fingerprint density at radius 1 is 1.23 bits per heavy atom. The summed E-state index contributed by atoms with van der Waals surface area (Å²) < 4.78 is 11.1. The number of hydrogen-bond donors (Lipinski definition) is 0. The van der Waals surface area contributed by atoms with Gasteiger partial charge in [0.25, 0.3) is 0 Å². The molecule has 2 bridgehead atoms. The number of benzene rings is 1. The third kappa shape index (κ3) is 3.18. The van der Waals surface area contributed by atoms with Crippen LogP contribution in [-0.2, 0) is 14.3 Å². The molecule has 2 fully saturated rings. The average molecular weight is 303 g/mol. The number of fused-ring (bicyclic) bond motifs is 2. The number of methoxy groups -OCH3 is 1. The molecule has 0 saturated carbocycles. The largest absolute Gasteiger partial charge is 0.462 e. The van der Waals surface area contributed by atoms with E-state index in [1.807, 2.05) is 30.3 Å². The zero-order valence-electron chi connectivity index (χ0n) is 13.4. The van der Waals surface area contributed by atoms with Crippen LogP contribution in [0.25, 0.3) is 0 Å². The van der Waals surface area contributed by atoms with Gasteiger partial charge in [0.15, 0.2) is 0 Å². The summed E-state index contributed by atoms with van der Waals surface area (Å²) >= 11 is 0. The predicted molar refractivity (Wildman–Crippen MR) is 84.7 cm³/mol. The van der Waals surface area contributed by atoms with E-state index in [2.05, 4.69) is 11.9 Å². The van der Waals surface area contributed by atoms with E-state index in [9.17, 15) is 4.79 Å². The topological polar surface area (TPSA) is 38.8 Å². The first-order valence-electron chi connectivity index (χ1n) is 8.15. The van der Waals surface area contributed by atoms with Crippen molar-refractivity contribution in [3.63, 3.8) is 0 Å². The Bertz CT molecular complexity index is 490. The molecule has 0 radical (unpaired) electrons. The number of piperidine rings is 1. The van der Waals surface area contributed by atoms with Crippen molar-refractivity contribution < 1.29 is 14.3 Å². The van der Waals surface area contributed by atoms with Crippen molar-refractivity contribution in [2.75, 3.05) is 20.8 Å². The number of hydrogen-bond acceptors (Lipinski definition) is 4. The molecule has 0 spiro atoms. The van der Waals surface area contributed by atoms with Gasteiger partial charge in [-0.1, -0.05) is 30.3 Å². The van der Waals surface area contributed by atoms with Crippen LogP contribution in [0.3, 0.4) is 0 Å². The van der Waals surface area contributed by atoms with Crippen molar-refractivity contribution in [3.8, 4) is 0 Å². The SMILES string of the molecule is COCC(C(=O)OC1C[C@H]2CC[C@@H](C1)N2C)c1ccccc1. The first-order chi connectivity index (χ1) is 10.7. The lowest BCUT2D eigenvalue weighted by Crippen LogP contribution is -2.43. The summed E-state index contributed by atoms with van der Waals surface area (Å²) in [6.07, 6.45) is 4.45. The Morgan fingerprint density at radius 3 is 2.45 bits per heavy atom. The minimum atomic E-state index is -0.330. The van der Waals surface area contributed by atoms with E-state index in [-0.39, 0.29) is 18.0 Å². The maximum atomic E-state index is 12.6. The summed E-state index contributed by atoms with van der Waals surface area (Å²) in [6, 6.07) is 10.9. The second kappa shape index (κ2) is 6.80. The summed E-state index contributed by atoms with van der Waals surface area (Å²) in [6.45, 7) is 0.363. The normalized spacial score (nSPS) is 29.3. The fourth-order valence-electron chi connectivity index (χ4n) is 3.86. The third-order valence-corrected chi connectivity index (χ3v) is 5.16. The van der Waals surface area contributed by atoms with Crippen LogP contribution in [0, 0.1) is 0 Å². The van der Waals surface area contributed by atoms with E-state index in [1.54, 1.807) is 7.11 Å². The molecule has 0 N–H and O–H groups in total. The summed E-state index contributed by atoms with van der Waals surface area (Å²) in [5.41, 5.74) is 0.963. The van der Waals surface area contributed by atoms with Crippen molar-refractivity contribution in [3.05, 3.63) is 35.9 Å². The molecule has 4 nitrogen and oxygen atoms in total. The van der Waals surface area contributed by atoms with E-state index in [1.165, 1.54) is 12.8 Å². The molecule has 4 heteroatoms. The standard InChI is InChI=1S/C18H25NO3/c1-19-14-8-9-15(19)11-16(10-14)22-18(20)17(12-21-2)13-6-4-3-5-7-13/h3-7,14-17H,8-12H2,1-2H3/t14-,15+,16?,17?. The highest BCUT2D eigenvalue weighted by molar-refractivity contribution is 5.78. The van der Waals surface area contributed by atoms with Gasteiger partial charge >= 0.3 is 5.97 Å². The van der Waals surface area contributed by atoms with Crippen LogP contribution in [0.5, 0.6) is 0 Å². The van der Waals surface area contributed by atoms with Gasteiger partial charge < -0.3 is 14.4 Å². The third-order valence-electron chi connectivity index (χ3n) is 5.16. The summed E-state index contributed by atoms with van der Waals surface area (Å²) in [7, 11) is 3.82. The minimum absolute atomic E-state index is 0.0595. The lowest BCUT2D eigenvalue weighted by atomic mass is 9.98. The molecule has 120 valence electrons. The number of esters is 1. The number of ether oxygens (including phenoxy) is 2. The summed E-state index contributed by atoms with van der Waals surface area (Å²) in [5.74, 6) is -0.481. The van der Waals surface area contributed by atoms with Crippen LogP contribution in [0.1, 0.15) is 37.2 Å². The first kappa shape index (κ1) is 15.5. The van der Waals surface area contributed by atoms with Gasteiger partial charge in [0.2, 0.25) is 0 Å². The first-order valence-corrected chi connectivity index (χ1v) is 8.15. The fraction of sp³-hybridized carbons (Fsp3) is 0.611. The van der Waals surface area contributed by atoms with Gasteiger partial charge in [-0.25, -0.2) is 0 Å². The molecule has 2 aliphatic heterocycles. The van der Waals surface area contributed by atoms with Crippen molar-refractivity contribution in [1.29, 1.82) is 0 Å². The van der Waals surface area contributed by atoms with Gasteiger partial charge in [-0.15, -0.1) is 0 Å². The quantitative estimate of drug-likeness (QED) is 0.784. The molecule has 1 aromatic rings. The Balaban J connectivity index is 1.65. The van der Waals surface area contributed by atoms with Crippen molar-refractivity contribution in [2.45, 2.75) is 49.8 Å². The lowest BCUT2D eigenvalue weighted by Gasteiger charge is -2.36. The number of nitrogens with zero attached hydrogens (tertiary/aromatic N) is 1. The Hall–Kier alpha value is -1.39. The fourth-order valence-corrected chi connectivity index (χ4v) is 3.86. The Morgan fingerprint density at radius 2 is 1.86 bits per heavy atom. The van der Waals surface area contributed by atoms with Gasteiger partial charge in [-0.05, 0) is 38.3 Å². The van der Waals surface area contributed by atoms with E-state index in [0.29, 0.717) is 18.7 Å². The van der Waals surface area contributed by atoms with Crippen LogP contribution in [0.2, 0.25) is 0 Å². The molecule has 1 aromatic carbocycles. The molecule has 2 aliphatic rings. The van der Waals surface area contributed by atoms with E-state index in [0.717, 1.165) is 18.4 Å². The summed E-state index contributed by atoms with van der Waals surface area (Å²) in [4.78, 5) is 15.1. The second-order valence-electron chi connectivity index (χ2n) is 6.50. The number of carbonyl (C=O) groups excluding carboxylic acids is 1. The highest BCUT2D eigenvalue weighted by Gasteiger charge is 2.40. The number of carbonyl (C=O) groups is 1. The van der Waals surface area contributed by atoms with Crippen LogP contribution < -0.4 is 0 Å². The van der Waals surface area contributed by atoms with Crippen molar-refractivity contribution >= 4 is 5.97 Å². The molecule has 22 heavy (non-hydrogen) atoms. The van der Waals surface area contributed by atoms with Crippen LogP contribution in [-0.4, -0.2) is 49.8 Å².